The maximum absolute atomic E-state index is 13.4. The first-order valence-corrected chi connectivity index (χ1v) is 12.5. The number of rotatable bonds is 8. The van der Waals surface area contributed by atoms with E-state index in [0.29, 0.717) is 11.2 Å². The number of thiazole rings is 1. The molecule has 4 bridgehead atoms. The van der Waals surface area contributed by atoms with Crippen LogP contribution in [0.4, 0.5) is 0 Å². The highest BCUT2D eigenvalue weighted by molar-refractivity contribution is 7.17. The summed E-state index contributed by atoms with van der Waals surface area (Å²) in [7, 11) is 0. The molecular formula is C26H33NOS. The number of aryl methyl sites for hydroxylation is 1. The molecule has 29 heavy (non-hydrogen) atoms. The van der Waals surface area contributed by atoms with E-state index in [9.17, 15) is 4.79 Å². The van der Waals surface area contributed by atoms with Crippen LogP contribution in [0, 0.1) is 23.2 Å². The van der Waals surface area contributed by atoms with Gasteiger partial charge in [0, 0.05) is 6.42 Å². The fraction of sp³-hybridized carbons (Fsp3) is 0.615. The number of Topliss-reactive ketones (excluding diaryl/α,β-unsaturated/α-hetero) is 1. The van der Waals surface area contributed by atoms with Crippen molar-refractivity contribution in [3.05, 3.63) is 41.0 Å². The maximum Gasteiger partial charge on any atom is 0.191 e. The molecule has 2 aromatic rings. The van der Waals surface area contributed by atoms with Crippen molar-refractivity contribution in [2.24, 2.45) is 23.2 Å². The summed E-state index contributed by atoms with van der Waals surface area (Å²) >= 11 is 1.65. The number of benzene rings is 1. The van der Waals surface area contributed by atoms with E-state index in [2.05, 4.69) is 37.3 Å². The zero-order valence-corrected chi connectivity index (χ0v) is 18.5. The lowest BCUT2D eigenvalue weighted by molar-refractivity contribution is -0.0524. The van der Waals surface area contributed by atoms with Crippen molar-refractivity contribution in [1.29, 1.82) is 0 Å². The third kappa shape index (κ3) is 3.95. The van der Waals surface area contributed by atoms with E-state index in [1.54, 1.807) is 11.3 Å². The number of hydrogen-bond acceptors (Lipinski definition) is 3. The summed E-state index contributed by atoms with van der Waals surface area (Å²) in [6.45, 7) is 2.24. The molecule has 1 aromatic carbocycles. The van der Waals surface area contributed by atoms with Gasteiger partial charge < -0.3 is 0 Å². The summed E-state index contributed by atoms with van der Waals surface area (Å²) in [5.74, 6) is 3.01. The Bertz CT molecular complexity index is 833. The molecule has 0 amide bonds. The third-order valence-corrected chi connectivity index (χ3v) is 8.88. The number of carbonyl (C=O) groups excluding carboxylic acids is 1. The Hall–Kier alpha value is -1.48. The number of hydrogen-bond donors (Lipinski definition) is 0. The van der Waals surface area contributed by atoms with Gasteiger partial charge in [0.2, 0.25) is 0 Å². The van der Waals surface area contributed by atoms with E-state index >= 15 is 0 Å². The van der Waals surface area contributed by atoms with Crippen molar-refractivity contribution in [2.45, 2.75) is 77.6 Å². The minimum absolute atomic E-state index is 0.298. The topological polar surface area (TPSA) is 30.0 Å². The Kier molecular flexibility index (Phi) is 5.36. The minimum Gasteiger partial charge on any atom is -0.291 e. The molecule has 0 atom stereocenters. The van der Waals surface area contributed by atoms with E-state index in [1.165, 1.54) is 61.8 Å². The summed E-state index contributed by atoms with van der Waals surface area (Å²) < 4.78 is 0. The first-order valence-electron chi connectivity index (χ1n) is 11.7. The number of unbranched alkanes of at least 4 members (excludes halogenated alkanes) is 2. The Morgan fingerprint density at radius 2 is 1.69 bits per heavy atom. The molecule has 4 saturated carbocycles. The number of aromatic nitrogens is 1. The normalized spacial score (nSPS) is 30.0. The smallest absolute Gasteiger partial charge is 0.191 e. The molecule has 0 unspecified atom stereocenters. The van der Waals surface area contributed by atoms with Gasteiger partial charge in [0.25, 0.3) is 0 Å². The molecule has 1 heterocycles. The van der Waals surface area contributed by atoms with Gasteiger partial charge in [0.05, 0.1) is 10.6 Å². The van der Waals surface area contributed by atoms with E-state index in [0.717, 1.165) is 47.7 Å². The summed E-state index contributed by atoms with van der Waals surface area (Å²) in [4.78, 5) is 19.5. The quantitative estimate of drug-likeness (QED) is 0.338. The van der Waals surface area contributed by atoms with Gasteiger partial charge >= 0.3 is 0 Å². The second-order valence-corrected chi connectivity index (χ2v) is 11.1. The van der Waals surface area contributed by atoms with Gasteiger partial charge in [-0.25, -0.2) is 4.98 Å². The molecule has 3 heteroatoms. The van der Waals surface area contributed by atoms with Crippen molar-refractivity contribution in [1.82, 2.24) is 4.98 Å². The predicted octanol–water partition coefficient (Wildman–Crippen LogP) is 7.33. The van der Waals surface area contributed by atoms with Gasteiger partial charge in [-0.1, -0.05) is 50.1 Å². The SMILES string of the molecule is CCCCCc1nc(C(=O)CC23CC4CC(CC(C4)C2)C3)sc1-c1ccccc1. The van der Waals surface area contributed by atoms with Gasteiger partial charge in [-0.05, 0) is 80.1 Å². The fourth-order valence-electron chi connectivity index (χ4n) is 6.92. The number of ketones is 1. The van der Waals surface area contributed by atoms with Crippen LogP contribution in [0.3, 0.4) is 0 Å². The number of nitrogens with zero attached hydrogens (tertiary/aromatic N) is 1. The average Bonchev–Trinajstić information content (AvgIpc) is 3.12. The lowest BCUT2D eigenvalue weighted by atomic mass is 9.48. The van der Waals surface area contributed by atoms with Gasteiger partial charge in [-0.3, -0.25) is 4.79 Å². The summed E-state index contributed by atoms with van der Waals surface area (Å²) in [6, 6.07) is 10.5. The van der Waals surface area contributed by atoms with Gasteiger partial charge in [-0.2, -0.15) is 0 Å². The van der Waals surface area contributed by atoms with Crippen LogP contribution in [0.5, 0.6) is 0 Å². The van der Waals surface area contributed by atoms with E-state index in [-0.39, 0.29) is 0 Å². The lowest BCUT2D eigenvalue weighted by Crippen LogP contribution is -2.46. The van der Waals surface area contributed by atoms with Crippen LogP contribution in [0.2, 0.25) is 0 Å². The highest BCUT2D eigenvalue weighted by Gasteiger charge is 2.51. The Morgan fingerprint density at radius 3 is 2.31 bits per heavy atom. The zero-order valence-electron chi connectivity index (χ0n) is 17.7. The first kappa shape index (κ1) is 19.5. The van der Waals surface area contributed by atoms with Crippen LogP contribution >= 0.6 is 11.3 Å². The molecule has 0 saturated heterocycles. The van der Waals surface area contributed by atoms with Crippen molar-refractivity contribution in [3.8, 4) is 10.4 Å². The summed E-state index contributed by atoms with van der Waals surface area (Å²) in [5.41, 5.74) is 2.65. The largest absolute Gasteiger partial charge is 0.291 e. The highest BCUT2D eigenvalue weighted by Crippen LogP contribution is 2.61. The lowest BCUT2D eigenvalue weighted by Gasteiger charge is -2.56. The van der Waals surface area contributed by atoms with Crippen molar-refractivity contribution in [3.63, 3.8) is 0 Å². The molecule has 4 fully saturated rings. The molecule has 0 N–H and O–H groups in total. The van der Waals surface area contributed by atoms with Crippen LogP contribution in [0.1, 0.15) is 86.6 Å². The maximum atomic E-state index is 13.4. The summed E-state index contributed by atoms with van der Waals surface area (Å²) in [6.07, 6.45) is 13.5. The van der Waals surface area contributed by atoms with Gasteiger partial charge in [0.1, 0.15) is 0 Å². The van der Waals surface area contributed by atoms with Gasteiger partial charge in [0.15, 0.2) is 10.8 Å². The van der Waals surface area contributed by atoms with Crippen LogP contribution < -0.4 is 0 Å². The van der Waals surface area contributed by atoms with Crippen molar-refractivity contribution >= 4 is 17.1 Å². The molecule has 0 aliphatic heterocycles. The van der Waals surface area contributed by atoms with E-state index < -0.39 is 0 Å². The second kappa shape index (κ2) is 7.98. The van der Waals surface area contributed by atoms with E-state index in [1.807, 2.05) is 0 Å². The molecule has 6 rings (SSSR count). The second-order valence-electron chi connectivity index (χ2n) is 10.1. The van der Waals surface area contributed by atoms with Crippen LogP contribution in [0.15, 0.2) is 30.3 Å². The molecule has 1 aromatic heterocycles. The molecule has 0 spiro atoms. The number of carbonyl (C=O) groups is 1. The molecule has 154 valence electrons. The van der Waals surface area contributed by atoms with Crippen LogP contribution in [-0.2, 0) is 6.42 Å². The minimum atomic E-state index is 0.298. The fourth-order valence-corrected chi connectivity index (χ4v) is 7.98. The molecular weight excluding hydrogens is 374 g/mol. The Morgan fingerprint density at radius 1 is 1.03 bits per heavy atom. The molecule has 0 radical (unpaired) electrons. The molecule has 4 aliphatic rings. The van der Waals surface area contributed by atoms with Crippen LogP contribution in [-0.4, -0.2) is 10.8 Å². The van der Waals surface area contributed by atoms with Gasteiger partial charge in [-0.15, -0.1) is 11.3 Å². The Labute approximate surface area is 179 Å². The predicted molar refractivity (Wildman–Crippen MR) is 120 cm³/mol. The first-order chi connectivity index (χ1) is 14.1. The summed E-state index contributed by atoms with van der Waals surface area (Å²) in [5, 5.41) is 0.770. The van der Waals surface area contributed by atoms with Crippen LogP contribution in [0.25, 0.3) is 10.4 Å². The highest BCUT2D eigenvalue weighted by atomic mass is 32.1. The average molecular weight is 408 g/mol. The standard InChI is InChI=1S/C26H33NOS/c1-2-3-5-10-22-24(21-8-6-4-7-9-21)29-25(27-22)23(28)17-26-14-18-11-19(15-26)13-20(12-18)16-26/h4,6-9,18-20H,2-3,5,10-17H2,1H3. The monoisotopic (exact) mass is 407 g/mol. The third-order valence-electron chi connectivity index (χ3n) is 7.69. The Balaban J connectivity index is 1.38. The van der Waals surface area contributed by atoms with E-state index in [4.69, 9.17) is 4.98 Å². The molecule has 2 nitrogen and oxygen atoms in total. The molecule has 4 aliphatic carbocycles. The van der Waals surface area contributed by atoms with Crippen molar-refractivity contribution < 1.29 is 4.79 Å². The van der Waals surface area contributed by atoms with Crippen molar-refractivity contribution in [2.75, 3.05) is 0 Å². The zero-order chi connectivity index (χ0) is 19.8.